The Bertz CT molecular complexity index is 652. The summed E-state index contributed by atoms with van der Waals surface area (Å²) in [6, 6.07) is 7.82. The predicted molar refractivity (Wildman–Crippen MR) is 89.3 cm³/mol. The van der Waals surface area contributed by atoms with Crippen LogP contribution in [-0.4, -0.2) is 15.9 Å². The molecule has 0 aliphatic rings. The molecule has 0 spiro atoms. The second-order valence-corrected chi connectivity index (χ2v) is 6.06. The minimum absolute atomic E-state index is 0.194. The summed E-state index contributed by atoms with van der Waals surface area (Å²) in [5, 5.41) is 3.06. The van der Waals surface area contributed by atoms with Crippen molar-refractivity contribution in [1.82, 2.24) is 9.97 Å². The van der Waals surface area contributed by atoms with Crippen LogP contribution >= 0.6 is 0 Å². The first-order chi connectivity index (χ1) is 10.4. The average Bonchev–Trinajstić information content (AvgIpc) is 2.46. The Morgan fingerprint density at radius 1 is 1.05 bits per heavy atom. The molecule has 0 saturated carbocycles. The van der Waals surface area contributed by atoms with Crippen LogP contribution in [0.25, 0.3) is 0 Å². The van der Waals surface area contributed by atoms with Crippen molar-refractivity contribution in [1.29, 1.82) is 0 Å². The van der Waals surface area contributed by atoms with Crippen LogP contribution in [0.5, 0.6) is 0 Å². The van der Waals surface area contributed by atoms with Gasteiger partial charge in [0.1, 0.15) is 11.5 Å². The van der Waals surface area contributed by atoms with Crippen LogP contribution in [0.3, 0.4) is 0 Å². The second-order valence-electron chi connectivity index (χ2n) is 6.06. The molecule has 0 atom stereocenters. The molecule has 1 N–H and O–H groups in total. The number of anilines is 1. The van der Waals surface area contributed by atoms with Crippen molar-refractivity contribution in [3.05, 3.63) is 53.1 Å². The third-order valence-electron chi connectivity index (χ3n) is 3.62. The lowest BCUT2D eigenvalue weighted by molar-refractivity contribution is 0.102. The number of hydrogen-bond acceptors (Lipinski definition) is 3. The van der Waals surface area contributed by atoms with Gasteiger partial charge in [0.05, 0.1) is 0 Å². The highest BCUT2D eigenvalue weighted by Gasteiger charge is 2.17. The Balaban J connectivity index is 2.41. The fourth-order valence-electron chi connectivity index (χ4n) is 2.46. The molecule has 2 aromatic rings. The molecule has 0 saturated heterocycles. The molecule has 1 aromatic carbocycles. The van der Waals surface area contributed by atoms with Crippen LogP contribution in [0.1, 0.15) is 67.0 Å². The molecule has 0 aliphatic heterocycles. The standard InChI is InChI=1S/C18H23N3O/c1-11(2)14-7-6-8-15(12(3)4)17(14)21-18(22)16-9-10-19-13(5)20-16/h6-12H,1-5H3,(H,21,22). The van der Waals surface area contributed by atoms with Gasteiger partial charge in [-0.25, -0.2) is 9.97 Å². The first-order valence-corrected chi connectivity index (χ1v) is 7.64. The maximum Gasteiger partial charge on any atom is 0.274 e. The van der Waals surface area contributed by atoms with Crippen molar-refractivity contribution in [2.24, 2.45) is 0 Å². The van der Waals surface area contributed by atoms with Crippen LogP contribution in [0.15, 0.2) is 30.5 Å². The first kappa shape index (κ1) is 16.1. The zero-order valence-corrected chi connectivity index (χ0v) is 13.8. The molecule has 4 nitrogen and oxygen atoms in total. The lowest BCUT2D eigenvalue weighted by Crippen LogP contribution is -2.17. The van der Waals surface area contributed by atoms with E-state index in [1.165, 1.54) is 0 Å². The molecule has 2 rings (SSSR count). The van der Waals surface area contributed by atoms with E-state index in [4.69, 9.17) is 0 Å². The lowest BCUT2D eigenvalue weighted by Gasteiger charge is -2.20. The van der Waals surface area contributed by atoms with Crippen LogP contribution in [0, 0.1) is 6.92 Å². The van der Waals surface area contributed by atoms with Gasteiger partial charge < -0.3 is 5.32 Å². The van der Waals surface area contributed by atoms with E-state index in [0.29, 0.717) is 23.4 Å². The summed E-state index contributed by atoms with van der Waals surface area (Å²) in [7, 11) is 0. The normalized spacial score (nSPS) is 11.0. The number of hydrogen-bond donors (Lipinski definition) is 1. The van der Waals surface area contributed by atoms with E-state index in [1.807, 2.05) is 0 Å². The van der Waals surface area contributed by atoms with Gasteiger partial charge in [0.25, 0.3) is 5.91 Å². The maximum absolute atomic E-state index is 12.5. The summed E-state index contributed by atoms with van der Waals surface area (Å²) in [5.41, 5.74) is 3.59. The molecule has 0 aliphatic carbocycles. The van der Waals surface area contributed by atoms with Crippen molar-refractivity contribution < 1.29 is 4.79 Å². The molecule has 1 heterocycles. The molecule has 0 fully saturated rings. The largest absolute Gasteiger partial charge is 0.320 e. The van der Waals surface area contributed by atoms with Gasteiger partial charge in [-0.1, -0.05) is 45.9 Å². The molecule has 4 heteroatoms. The summed E-state index contributed by atoms with van der Waals surface area (Å²) < 4.78 is 0. The Morgan fingerprint density at radius 3 is 2.14 bits per heavy atom. The SMILES string of the molecule is Cc1nccc(C(=O)Nc2c(C(C)C)cccc2C(C)C)n1. The zero-order valence-electron chi connectivity index (χ0n) is 13.8. The number of para-hydroxylation sites is 1. The van der Waals surface area contributed by atoms with Crippen LogP contribution in [-0.2, 0) is 0 Å². The van der Waals surface area contributed by atoms with Crippen LogP contribution < -0.4 is 5.32 Å². The summed E-state index contributed by atoms with van der Waals surface area (Å²) in [5.74, 6) is 1.07. The highest BCUT2D eigenvalue weighted by Crippen LogP contribution is 2.32. The maximum atomic E-state index is 12.5. The number of amides is 1. The number of aryl methyl sites for hydroxylation is 1. The monoisotopic (exact) mass is 297 g/mol. The molecule has 22 heavy (non-hydrogen) atoms. The van der Waals surface area contributed by atoms with Crippen molar-refractivity contribution >= 4 is 11.6 Å². The van der Waals surface area contributed by atoms with Crippen LogP contribution in [0.4, 0.5) is 5.69 Å². The number of benzene rings is 1. The van der Waals surface area contributed by atoms with Crippen molar-refractivity contribution in [2.75, 3.05) is 5.32 Å². The third kappa shape index (κ3) is 3.50. The van der Waals surface area contributed by atoms with Crippen molar-refractivity contribution in [3.63, 3.8) is 0 Å². The van der Waals surface area contributed by atoms with Gasteiger partial charge in [-0.3, -0.25) is 4.79 Å². The van der Waals surface area contributed by atoms with Crippen molar-refractivity contribution in [3.8, 4) is 0 Å². The summed E-state index contributed by atoms with van der Waals surface area (Å²) >= 11 is 0. The number of aromatic nitrogens is 2. The minimum Gasteiger partial charge on any atom is -0.320 e. The van der Waals surface area contributed by atoms with Crippen molar-refractivity contribution in [2.45, 2.75) is 46.5 Å². The van der Waals surface area contributed by atoms with E-state index >= 15 is 0 Å². The molecule has 0 radical (unpaired) electrons. The van der Waals surface area contributed by atoms with E-state index in [1.54, 1.807) is 19.2 Å². The highest BCUT2D eigenvalue weighted by molar-refractivity contribution is 6.03. The first-order valence-electron chi connectivity index (χ1n) is 7.64. The van der Waals surface area contributed by atoms with E-state index in [9.17, 15) is 4.79 Å². The van der Waals surface area contributed by atoms with Gasteiger partial charge in [-0.05, 0) is 36.0 Å². The van der Waals surface area contributed by atoms with Gasteiger partial charge in [-0.15, -0.1) is 0 Å². The molecule has 0 unspecified atom stereocenters. The van der Waals surface area contributed by atoms with Gasteiger partial charge in [0.15, 0.2) is 0 Å². The summed E-state index contributed by atoms with van der Waals surface area (Å²) in [6.07, 6.45) is 1.61. The highest BCUT2D eigenvalue weighted by atomic mass is 16.1. The summed E-state index contributed by atoms with van der Waals surface area (Å²) in [4.78, 5) is 20.7. The number of carbonyl (C=O) groups excluding carboxylic acids is 1. The third-order valence-corrected chi connectivity index (χ3v) is 3.62. The quantitative estimate of drug-likeness (QED) is 0.916. The number of rotatable bonds is 4. The fourth-order valence-corrected chi connectivity index (χ4v) is 2.46. The number of nitrogens with zero attached hydrogens (tertiary/aromatic N) is 2. The van der Waals surface area contributed by atoms with E-state index < -0.39 is 0 Å². The molecule has 0 bridgehead atoms. The second kappa shape index (κ2) is 6.69. The van der Waals surface area contributed by atoms with Gasteiger partial charge >= 0.3 is 0 Å². The number of nitrogens with one attached hydrogen (secondary N) is 1. The average molecular weight is 297 g/mol. The molecular formula is C18H23N3O. The Morgan fingerprint density at radius 2 is 1.64 bits per heavy atom. The van der Waals surface area contributed by atoms with E-state index in [0.717, 1.165) is 16.8 Å². The van der Waals surface area contributed by atoms with Crippen LogP contribution in [0.2, 0.25) is 0 Å². The topological polar surface area (TPSA) is 54.9 Å². The Kier molecular flexibility index (Phi) is 4.91. The van der Waals surface area contributed by atoms with Gasteiger partial charge in [0, 0.05) is 11.9 Å². The smallest absolute Gasteiger partial charge is 0.274 e. The number of carbonyl (C=O) groups is 1. The lowest BCUT2D eigenvalue weighted by atomic mass is 9.92. The predicted octanol–water partition coefficient (Wildman–Crippen LogP) is 4.28. The van der Waals surface area contributed by atoms with E-state index in [2.05, 4.69) is 61.2 Å². The minimum atomic E-state index is -0.194. The summed E-state index contributed by atoms with van der Waals surface area (Å²) in [6.45, 7) is 10.3. The zero-order chi connectivity index (χ0) is 16.3. The van der Waals surface area contributed by atoms with Gasteiger partial charge in [-0.2, -0.15) is 0 Å². The van der Waals surface area contributed by atoms with E-state index in [-0.39, 0.29) is 5.91 Å². The molecule has 116 valence electrons. The molecular weight excluding hydrogens is 274 g/mol. The molecule has 1 amide bonds. The Labute approximate surface area is 132 Å². The fraction of sp³-hybridized carbons (Fsp3) is 0.389. The molecule has 1 aromatic heterocycles. The Hall–Kier alpha value is -2.23. The van der Waals surface area contributed by atoms with Gasteiger partial charge in [0.2, 0.25) is 0 Å².